The third kappa shape index (κ3) is 5.82. The standard InChI is InChI=1S/C21H28N2O4/c1-2-26-21(25)14-18-6-4-16-13-17(5-7-19(16)27-18)23-20(24)8-3-15-9-11-22-12-10-15/h3,5,7-8,13,15,18,22H,2,4,6,9-12,14H2,1H3,(H,23,24)/b8-3+. The average Bonchev–Trinajstić information content (AvgIpc) is 2.67. The number of nitrogens with one attached hydrogen (secondary N) is 2. The molecular weight excluding hydrogens is 344 g/mol. The summed E-state index contributed by atoms with van der Waals surface area (Å²) in [6.45, 7) is 4.21. The lowest BCUT2D eigenvalue weighted by Gasteiger charge is -2.26. The summed E-state index contributed by atoms with van der Waals surface area (Å²) >= 11 is 0. The summed E-state index contributed by atoms with van der Waals surface area (Å²) in [5, 5.41) is 6.24. The van der Waals surface area contributed by atoms with Crippen LogP contribution in [0.25, 0.3) is 0 Å². The molecule has 1 aromatic carbocycles. The van der Waals surface area contributed by atoms with Gasteiger partial charge in [0.25, 0.3) is 0 Å². The van der Waals surface area contributed by atoms with Crippen molar-refractivity contribution in [3.05, 3.63) is 35.9 Å². The van der Waals surface area contributed by atoms with Crippen molar-refractivity contribution in [3.8, 4) is 5.75 Å². The minimum atomic E-state index is -0.227. The number of amides is 1. The van der Waals surface area contributed by atoms with Crippen molar-refractivity contribution in [3.63, 3.8) is 0 Å². The second-order valence-corrected chi connectivity index (χ2v) is 7.05. The molecule has 0 spiro atoms. The Morgan fingerprint density at radius 1 is 1.30 bits per heavy atom. The van der Waals surface area contributed by atoms with E-state index in [1.54, 1.807) is 13.0 Å². The van der Waals surface area contributed by atoms with E-state index in [2.05, 4.69) is 10.6 Å². The van der Waals surface area contributed by atoms with Crippen molar-refractivity contribution in [1.82, 2.24) is 5.32 Å². The highest BCUT2D eigenvalue weighted by molar-refractivity contribution is 5.99. The number of carbonyl (C=O) groups is 2. The molecule has 6 heteroatoms. The van der Waals surface area contributed by atoms with E-state index in [0.29, 0.717) is 12.5 Å². The fourth-order valence-electron chi connectivity index (χ4n) is 3.52. The molecule has 1 fully saturated rings. The SMILES string of the molecule is CCOC(=O)CC1CCc2cc(NC(=O)/C=C/C3CCNCC3)ccc2O1. The first-order valence-electron chi connectivity index (χ1n) is 9.79. The van der Waals surface area contributed by atoms with Crippen molar-refractivity contribution < 1.29 is 19.1 Å². The van der Waals surface area contributed by atoms with Gasteiger partial charge in [-0.15, -0.1) is 0 Å². The highest BCUT2D eigenvalue weighted by Crippen LogP contribution is 2.31. The second kappa shape index (κ2) is 9.55. The zero-order chi connectivity index (χ0) is 19.1. The van der Waals surface area contributed by atoms with Crippen LogP contribution in [-0.4, -0.2) is 37.7 Å². The number of fused-ring (bicyclic) bond motifs is 1. The predicted molar refractivity (Wildman–Crippen MR) is 104 cm³/mol. The minimum Gasteiger partial charge on any atom is -0.490 e. The third-order valence-electron chi connectivity index (χ3n) is 4.96. The molecule has 0 bridgehead atoms. The highest BCUT2D eigenvalue weighted by atomic mass is 16.5. The van der Waals surface area contributed by atoms with Crippen LogP contribution >= 0.6 is 0 Å². The average molecular weight is 372 g/mol. The van der Waals surface area contributed by atoms with Gasteiger partial charge in [-0.1, -0.05) is 6.08 Å². The molecule has 6 nitrogen and oxygen atoms in total. The van der Waals surface area contributed by atoms with Crippen molar-refractivity contribution in [2.45, 2.75) is 45.1 Å². The Balaban J connectivity index is 1.53. The lowest BCUT2D eigenvalue weighted by Crippen LogP contribution is -2.27. The molecule has 1 amide bonds. The molecule has 0 radical (unpaired) electrons. The van der Waals surface area contributed by atoms with Gasteiger partial charge in [0.2, 0.25) is 5.91 Å². The van der Waals surface area contributed by atoms with Gasteiger partial charge < -0.3 is 20.1 Å². The molecule has 2 N–H and O–H groups in total. The van der Waals surface area contributed by atoms with Gasteiger partial charge in [0.05, 0.1) is 13.0 Å². The van der Waals surface area contributed by atoms with E-state index in [9.17, 15) is 9.59 Å². The maximum Gasteiger partial charge on any atom is 0.309 e. The van der Waals surface area contributed by atoms with E-state index in [0.717, 1.165) is 55.8 Å². The van der Waals surface area contributed by atoms with Gasteiger partial charge >= 0.3 is 5.97 Å². The van der Waals surface area contributed by atoms with Crippen LogP contribution in [0, 0.1) is 5.92 Å². The fourth-order valence-corrected chi connectivity index (χ4v) is 3.52. The number of aryl methyl sites for hydroxylation is 1. The first-order valence-corrected chi connectivity index (χ1v) is 9.79. The van der Waals surface area contributed by atoms with Crippen LogP contribution in [0.2, 0.25) is 0 Å². The Labute approximate surface area is 160 Å². The van der Waals surface area contributed by atoms with E-state index < -0.39 is 0 Å². The van der Waals surface area contributed by atoms with Crippen molar-refractivity contribution in [2.24, 2.45) is 5.92 Å². The number of piperidine rings is 1. The number of allylic oxidation sites excluding steroid dienone is 1. The largest absolute Gasteiger partial charge is 0.490 e. The van der Waals surface area contributed by atoms with Crippen LogP contribution in [0.1, 0.15) is 38.2 Å². The number of hydrogen-bond donors (Lipinski definition) is 2. The van der Waals surface area contributed by atoms with Gasteiger partial charge in [-0.25, -0.2) is 0 Å². The van der Waals surface area contributed by atoms with E-state index >= 15 is 0 Å². The number of anilines is 1. The summed E-state index contributed by atoms with van der Waals surface area (Å²) in [6.07, 6.45) is 7.50. The Bertz CT molecular complexity index is 695. The van der Waals surface area contributed by atoms with Gasteiger partial charge in [0.15, 0.2) is 0 Å². The molecule has 146 valence electrons. The second-order valence-electron chi connectivity index (χ2n) is 7.05. The normalized spacial score (nSPS) is 20.0. The number of rotatable bonds is 6. The smallest absolute Gasteiger partial charge is 0.309 e. The Hall–Kier alpha value is -2.34. The number of hydrogen-bond acceptors (Lipinski definition) is 5. The third-order valence-corrected chi connectivity index (χ3v) is 4.96. The van der Waals surface area contributed by atoms with Gasteiger partial charge in [0.1, 0.15) is 11.9 Å². The van der Waals surface area contributed by atoms with Crippen LogP contribution in [0.4, 0.5) is 5.69 Å². The molecule has 1 unspecified atom stereocenters. The molecule has 0 aromatic heterocycles. The maximum atomic E-state index is 12.2. The molecule has 2 aliphatic heterocycles. The first kappa shape index (κ1) is 19.4. The Kier molecular flexibility index (Phi) is 6.87. The summed E-state index contributed by atoms with van der Waals surface area (Å²) in [5.74, 6) is 0.921. The van der Waals surface area contributed by atoms with Crippen LogP contribution in [0.3, 0.4) is 0 Å². The quantitative estimate of drug-likeness (QED) is 0.593. The monoisotopic (exact) mass is 372 g/mol. The topological polar surface area (TPSA) is 76.7 Å². The van der Waals surface area contributed by atoms with Crippen LogP contribution < -0.4 is 15.4 Å². The number of benzene rings is 1. The first-order chi connectivity index (χ1) is 13.1. The zero-order valence-corrected chi connectivity index (χ0v) is 15.8. The van der Waals surface area contributed by atoms with E-state index in [4.69, 9.17) is 9.47 Å². The number of esters is 1. The van der Waals surface area contributed by atoms with Crippen molar-refractivity contribution >= 4 is 17.6 Å². The van der Waals surface area contributed by atoms with Crippen molar-refractivity contribution in [2.75, 3.05) is 25.0 Å². The summed E-state index contributed by atoms with van der Waals surface area (Å²) in [5.41, 5.74) is 1.82. The summed E-state index contributed by atoms with van der Waals surface area (Å²) in [6, 6.07) is 5.65. The minimum absolute atomic E-state index is 0.106. The Morgan fingerprint density at radius 3 is 2.89 bits per heavy atom. The molecule has 0 aliphatic carbocycles. The number of ether oxygens (including phenoxy) is 2. The molecule has 1 atom stereocenters. The molecule has 2 heterocycles. The molecule has 27 heavy (non-hydrogen) atoms. The lowest BCUT2D eigenvalue weighted by molar-refractivity contribution is -0.145. The zero-order valence-electron chi connectivity index (χ0n) is 15.8. The molecule has 3 rings (SSSR count). The van der Waals surface area contributed by atoms with E-state index in [1.807, 2.05) is 24.3 Å². The molecule has 1 saturated heterocycles. The van der Waals surface area contributed by atoms with Gasteiger partial charge in [-0.3, -0.25) is 9.59 Å². The summed E-state index contributed by atoms with van der Waals surface area (Å²) in [7, 11) is 0. The molecule has 1 aromatic rings. The molecule has 2 aliphatic rings. The lowest BCUT2D eigenvalue weighted by atomic mass is 9.98. The van der Waals surface area contributed by atoms with E-state index in [-0.39, 0.29) is 24.4 Å². The van der Waals surface area contributed by atoms with Crippen LogP contribution in [0.15, 0.2) is 30.4 Å². The van der Waals surface area contributed by atoms with Gasteiger partial charge in [-0.05, 0) is 81.5 Å². The number of carbonyl (C=O) groups excluding carboxylic acids is 2. The van der Waals surface area contributed by atoms with Crippen molar-refractivity contribution in [1.29, 1.82) is 0 Å². The fraction of sp³-hybridized carbons (Fsp3) is 0.524. The summed E-state index contributed by atoms with van der Waals surface area (Å²) in [4.78, 5) is 23.8. The molecular formula is C21H28N2O4. The van der Waals surface area contributed by atoms with Crippen LogP contribution in [0.5, 0.6) is 5.75 Å². The predicted octanol–water partition coefficient (Wildman–Crippen LogP) is 2.83. The Morgan fingerprint density at radius 2 is 2.11 bits per heavy atom. The highest BCUT2D eigenvalue weighted by Gasteiger charge is 2.23. The van der Waals surface area contributed by atoms with Gasteiger partial charge in [0, 0.05) is 5.69 Å². The van der Waals surface area contributed by atoms with E-state index in [1.165, 1.54) is 0 Å². The maximum absolute atomic E-state index is 12.2. The van der Waals surface area contributed by atoms with Crippen LogP contribution in [-0.2, 0) is 20.7 Å². The van der Waals surface area contributed by atoms with Gasteiger partial charge in [-0.2, -0.15) is 0 Å². The summed E-state index contributed by atoms with van der Waals surface area (Å²) < 4.78 is 10.9. The molecule has 0 saturated carbocycles.